The average Bonchev–Trinajstić information content (AvgIpc) is 3.48. The van der Waals surface area contributed by atoms with Gasteiger partial charge in [-0.25, -0.2) is 4.68 Å². The minimum Gasteiger partial charge on any atom is -0.364 e. The molecule has 0 aliphatic carbocycles. The Bertz CT molecular complexity index is 1130. The third-order valence-corrected chi connectivity index (χ3v) is 4.75. The zero-order valence-corrected chi connectivity index (χ0v) is 15.9. The predicted molar refractivity (Wildman–Crippen MR) is 107 cm³/mol. The van der Waals surface area contributed by atoms with Crippen molar-refractivity contribution in [3.63, 3.8) is 0 Å². The summed E-state index contributed by atoms with van der Waals surface area (Å²) in [6.07, 6.45) is 2.21. The van der Waals surface area contributed by atoms with Crippen molar-refractivity contribution in [3.8, 4) is 17.1 Å². The van der Waals surface area contributed by atoms with Crippen molar-refractivity contribution in [2.45, 2.75) is 12.8 Å². The third-order valence-electron chi connectivity index (χ3n) is 4.07. The highest BCUT2D eigenvalue weighted by Crippen LogP contribution is 2.19. The number of anilines is 1. The number of carbonyl (C=O) groups excluding carboxylic acids is 2. The number of benzene rings is 1. The van der Waals surface area contributed by atoms with Gasteiger partial charge in [-0.3, -0.25) is 9.59 Å². The molecule has 3 aromatic heterocycles. The summed E-state index contributed by atoms with van der Waals surface area (Å²) in [5, 5.41) is 14.7. The number of carbonyl (C=O) groups is 2. The fraction of sp³-hybridized carbons (Fsp3) is 0.105. The number of nitrogens with zero attached hydrogens (tertiary/aromatic N) is 4. The van der Waals surface area contributed by atoms with E-state index in [2.05, 4.69) is 20.6 Å². The number of primary amides is 1. The van der Waals surface area contributed by atoms with Crippen LogP contribution < -0.4 is 11.1 Å². The minimum absolute atomic E-state index is 0.164. The molecule has 0 unspecified atom stereocenters. The molecule has 2 amide bonds. The molecule has 0 aliphatic rings. The second kappa shape index (κ2) is 8.07. The number of thiophene rings is 1. The molecular formula is C19H16N6O3S. The van der Waals surface area contributed by atoms with E-state index in [1.54, 1.807) is 47.9 Å². The lowest BCUT2D eigenvalue weighted by molar-refractivity contribution is -0.116. The number of hydrogen-bond donors (Lipinski definition) is 2. The maximum absolute atomic E-state index is 12.2. The highest BCUT2D eigenvalue weighted by atomic mass is 32.1. The zero-order valence-electron chi connectivity index (χ0n) is 15.1. The summed E-state index contributed by atoms with van der Waals surface area (Å²) in [6, 6.07) is 10.5. The van der Waals surface area contributed by atoms with E-state index in [0.717, 1.165) is 11.3 Å². The third kappa shape index (κ3) is 4.38. The summed E-state index contributed by atoms with van der Waals surface area (Å²) in [4.78, 5) is 27.6. The quantitative estimate of drug-likeness (QED) is 0.484. The maximum atomic E-state index is 12.2. The first-order valence-corrected chi connectivity index (χ1v) is 9.64. The van der Waals surface area contributed by atoms with Crippen LogP contribution in [0.25, 0.3) is 17.1 Å². The van der Waals surface area contributed by atoms with Crippen molar-refractivity contribution in [3.05, 3.63) is 64.9 Å². The molecule has 0 spiro atoms. The summed E-state index contributed by atoms with van der Waals surface area (Å²) in [7, 11) is 0. The molecule has 0 saturated carbocycles. The van der Waals surface area contributed by atoms with Crippen LogP contribution in [-0.2, 0) is 11.2 Å². The summed E-state index contributed by atoms with van der Waals surface area (Å²) < 4.78 is 6.73. The Labute approximate surface area is 169 Å². The van der Waals surface area contributed by atoms with Crippen molar-refractivity contribution >= 4 is 28.8 Å². The SMILES string of the molecule is NC(=O)c1ccn(-c2ccc(NC(=O)CCc3nc(-c4ccsc4)no3)cc2)n1. The maximum Gasteiger partial charge on any atom is 0.269 e. The van der Waals surface area contributed by atoms with Gasteiger partial charge in [-0.15, -0.1) is 0 Å². The predicted octanol–water partition coefficient (Wildman–Crippen LogP) is 2.65. The van der Waals surface area contributed by atoms with E-state index in [9.17, 15) is 9.59 Å². The Balaban J connectivity index is 1.32. The van der Waals surface area contributed by atoms with Gasteiger partial charge in [0.1, 0.15) is 5.69 Å². The minimum atomic E-state index is -0.587. The number of aryl methyl sites for hydroxylation is 1. The smallest absolute Gasteiger partial charge is 0.269 e. The standard InChI is InChI=1S/C19H16N6O3S/c20-18(27)15-7-9-25(23-15)14-3-1-13(2-4-14)21-16(26)5-6-17-22-19(24-28-17)12-8-10-29-11-12/h1-4,7-11H,5-6H2,(H2,20,27)(H,21,26). The summed E-state index contributed by atoms with van der Waals surface area (Å²) in [5.74, 6) is 0.190. The molecule has 0 bridgehead atoms. The fourth-order valence-corrected chi connectivity index (χ4v) is 3.24. The number of amides is 2. The van der Waals surface area contributed by atoms with Crippen LogP contribution in [0.2, 0.25) is 0 Å². The molecule has 3 N–H and O–H groups in total. The fourth-order valence-electron chi connectivity index (χ4n) is 2.61. The van der Waals surface area contributed by atoms with Gasteiger partial charge in [0, 0.05) is 35.7 Å². The molecule has 0 fully saturated rings. The molecule has 9 nitrogen and oxygen atoms in total. The first-order valence-electron chi connectivity index (χ1n) is 8.69. The van der Waals surface area contributed by atoms with Crippen molar-refractivity contribution in [1.29, 1.82) is 0 Å². The summed E-state index contributed by atoms with van der Waals surface area (Å²) >= 11 is 1.55. The van der Waals surface area contributed by atoms with E-state index in [0.29, 0.717) is 23.8 Å². The largest absolute Gasteiger partial charge is 0.364 e. The molecule has 4 aromatic rings. The topological polar surface area (TPSA) is 129 Å². The average molecular weight is 408 g/mol. The number of nitrogens with one attached hydrogen (secondary N) is 1. The second-order valence-electron chi connectivity index (χ2n) is 6.13. The lowest BCUT2D eigenvalue weighted by atomic mass is 10.2. The molecule has 1 aromatic carbocycles. The number of hydrogen-bond acceptors (Lipinski definition) is 7. The Morgan fingerprint density at radius 1 is 1.17 bits per heavy atom. The van der Waals surface area contributed by atoms with Crippen LogP contribution in [0, 0.1) is 0 Å². The van der Waals surface area contributed by atoms with E-state index in [1.165, 1.54) is 4.68 Å². The molecule has 0 aliphatic heterocycles. The normalized spacial score (nSPS) is 10.8. The van der Waals surface area contributed by atoms with Gasteiger partial charge in [0.15, 0.2) is 0 Å². The lowest BCUT2D eigenvalue weighted by Crippen LogP contribution is -2.13. The van der Waals surface area contributed by atoms with E-state index >= 15 is 0 Å². The summed E-state index contributed by atoms with van der Waals surface area (Å²) in [5.41, 5.74) is 7.67. The Morgan fingerprint density at radius 3 is 2.69 bits per heavy atom. The molecule has 0 radical (unpaired) electrons. The van der Waals surface area contributed by atoms with Crippen molar-refractivity contribution in [2.75, 3.05) is 5.32 Å². The van der Waals surface area contributed by atoms with Gasteiger partial charge in [0.2, 0.25) is 17.6 Å². The van der Waals surface area contributed by atoms with Crippen LogP contribution in [0.3, 0.4) is 0 Å². The van der Waals surface area contributed by atoms with E-state index in [-0.39, 0.29) is 18.0 Å². The van der Waals surface area contributed by atoms with Gasteiger partial charge in [0.05, 0.1) is 5.69 Å². The monoisotopic (exact) mass is 408 g/mol. The van der Waals surface area contributed by atoms with Crippen molar-refractivity contribution in [1.82, 2.24) is 19.9 Å². The van der Waals surface area contributed by atoms with Gasteiger partial charge in [-0.1, -0.05) is 5.16 Å². The molecule has 3 heterocycles. The number of nitrogens with two attached hydrogens (primary N) is 1. The van der Waals surface area contributed by atoms with Crippen molar-refractivity contribution in [2.24, 2.45) is 5.73 Å². The second-order valence-corrected chi connectivity index (χ2v) is 6.91. The first-order chi connectivity index (χ1) is 14.1. The molecule has 146 valence electrons. The molecule has 0 saturated heterocycles. The van der Waals surface area contributed by atoms with Gasteiger partial charge < -0.3 is 15.6 Å². The van der Waals surface area contributed by atoms with Crippen LogP contribution in [0.5, 0.6) is 0 Å². The Kier molecular flexibility index (Phi) is 5.16. The highest BCUT2D eigenvalue weighted by molar-refractivity contribution is 7.08. The first kappa shape index (κ1) is 18.6. The highest BCUT2D eigenvalue weighted by Gasteiger charge is 2.11. The molecular weight excluding hydrogens is 392 g/mol. The van der Waals surface area contributed by atoms with Gasteiger partial charge in [0.25, 0.3) is 5.91 Å². The van der Waals surface area contributed by atoms with Crippen LogP contribution in [0.4, 0.5) is 5.69 Å². The van der Waals surface area contributed by atoms with E-state index in [1.807, 2.05) is 16.8 Å². The van der Waals surface area contributed by atoms with Crippen LogP contribution in [0.15, 0.2) is 57.9 Å². The molecule has 10 heteroatoms. The van der Waals surface area contributed by atoms with Crippen LogP contribution >= 0.6 is 11.3 Å². The number of aromatic nitrogens is 4. The van der Waals surface area contributed by atoms with E-state index in [4.69, 9.17) is 10.3 Å². The zero-order chi connectivity index (χ0) is 20.2. The lowest BCUT2D eigenvalue weighted by Gasteiger charge is -2.06. The van der Waals surface area contributed by atoms with Gasteiger partial charge in [-0.2, -0.15) is 21.4 Å². The van der Waals surface area contributed by atoms with E-state index < -0.39 is 5.91 Å². The van der Waals surface area contributed by atoms with Crippen LogP contribution in [-0.4, -0.2) is 31.7 Å². The molecule has 29 heavy (non-hydrogen) atoms. The Morgan fingerprint density at radius 2 is 2.00 bits per heavy atom. The van der Waals surface area contributed by atoms with Crippen molar-refractivity contribution < 1.29 is 14.1 Å². The molecule has 0 atom stereocenters. The van der Waals surface area contributed by atoms with Gasteiger partial charge >= 0.3 is 0 Å². The van der Waals surface area contributed by atoms with Crippen LogP contribution in [0.1, 0.15) is 22.8 Å². The number of rotatable bonds is 7. The Hall–Kier alpha value is -3.79. The van der Waals surface area contributed by atoms with Gasteiger partial charge in [-0.05, 0) is 41.8 Å². The summed E-state index contributed by atoms with van der Waals surface area (Å²) in [6.45, 7) is 0. The molecule has 4 rings (SSSR count).